The van der Waals surface area contributed by atoms with Crippen molar-refractivity contribution >= 4 is 23.4 Å². The number of aromatic nitrogens is 3. The number of likely N-dealkylation sites (N-methyl/N-ethyl adjacent to an activating group) is 2. The normalized spacial score (nSPS) is 10.6. The molecule has 3 aromatic heterocycles. The Morgan fingerprint density at radius 1 is 1.00 bits per heavy atom. The molecule has 28 heavy (non-hydrogen) atoms. The zero-order valence-electron chi connectivity index (χ0n) is 15.6. The minimum Gasteiger partial charge on any atom is -0.364 e. The Balaban J connectivity index is 1.59. The van der Waals surface area contributed by atoms with Gasteiger partial charge in [-0.25, -0.2) is 4.98 Å². The molecule has 144 valence electrons. The number of nitrogens with zero attached hydrogens (tertiary/aromatic N) is 5. The third-order valence-corrected chi connectivity index (χ3v) is 4.31. The third kappa shape index (κ3) is 3.98. The molecule has 0 aliphatic heterocycles. The van der Waals surface area contributed by atoms with Gasteiger partial charge >= 0.3 is 0 Å². The summed E-state index contributed by atoms with van der Waals surface area (Å²) in [5.74, 6) is -1.14. The number of hydrogen-bond donors (Lipinski definition) is 1. The van der Waals surface area contributed by atoms with Crippen molar-refractivity contribution in [3.05, 3.63) is 65.9 Å². The lowest BCUT2D eigenvalue weighted by molar-refractivity contribution is 0.0716. The first kappa shape index (κ1) is 19.0. The summed E-state index contributed by atoms with van der Waals surface area (Å²) >= 11 is 0. The number of imidazole rings is 1. The SMILES string of the molecule is CN(CCN(C)C(=O)c1cn2ccccc2n1)C(=O)c1ccc(C(N)=O)nc1. The van der Waals surface area contributed by atoms with E-state index in [1.54, 1.807) is 24.7 Å². The largest absolute Gasteiger partial charge is 0.364 e. The van der Waals surface area contributed by atoms with E-state index in [1.807, 2.05) is 24.4 Å². The van der Waals surface area contributed by atoms with Crippen molar-refractivity contribution in [1.29, 1.82) is 0 Å². The van der Waals surface area contributed by atoms with Crippen LogP contribution in [-0.2, 0) is 0 Å². The summed E-state index contributed by atoms with van der Waals surface area (Å²) in [5, 5.41) is 0. The Labute approximate surface area is 161 Å². The van der Waals surface area contributed by atoms with Crippen LogP contribution in [0.3, 0.4) is 0 Å². The van der Waals surface area contributed by atoms with E-state index in [-0.39, 0.29) is 17.5 Å². The van der Waals surface area contributed by atoms with Gasteiger partial charge in [0.2, 0.25) is 0 Å². The number of nitrogens with two attached hydrogens (primary N) is 1. The minimum atomic E-state index is -0.653. The minimum absolute atomic E-state index is 0.0944. The van der Waals surface area contributed by atoms with Gasteiger partial charge < -0.3 is 19.9 Å². The summed E-state index contributed by atoms with van der Waals surface area (Å²) < 4.78 is 1.78. The van der Waals surface area contributed by atoms with E-state index in [0.29, 0.717) is 30.0 Å². The van der Waals surface area contributed by atoms with Crippen LogP contribution in [0.2, 0.25) is 0 Å². The average molecular weight is 380 g/mol. The molecule has 0 unspecified atom stereocenters. The fourth-order valence-electron chi connectivity index (χ4n) is 2.62. The Hall–Kier alpha value is -3.75. The van der Waals surface area contributed by atoms with Crippen molar-refractivity contribution in [1.82, 2.24) is 24.2 Å². The molecule has 3 aromatic rings. The number of fused-ring (bicyclic) bond motifs is 1. The predicted molar refractivity (Wildman–Crippen MR) is 102 cm³/mol. The van der Waals surface area contributed by atoms with Crippen LogP contribution in [0.15, 0.2) is 48.9 Å². The van der Waals surface area contributed by atoms with Gasteiger partial charge in [-0.05, 0) is 24.3 Å². The van der Waals surface area contributed by atoms with Crippen molar-refractivity contribution in [2.45, 2.75) is 0 Å². The van der Waals surface area contributed by atoms with Gasteiger partial charge in [-0.1, -0.05) is 6.07 Å². The van der Waals surface area contributed by atoms with Crippen LogP contribution in [0, 0.1) is 0 Å². The van der Waals surface area contributed by atoms with Gasteiger partial charge in [0, 0.05) is 45.8 Å². The smallest absolute Gasteiger partial charge is 0.273 e. The highest BCUT2D eigenvalue weighted by molar-refractivity contribution is 5.96. The number of pyridine rings is 2. The van der Waals surface area contributed by atoms with E-state index >= 15 is 0 Å². The highest BCUT2D eigenvalue weighted by Gasteiger charge is 2.18. The summed E-state index contributed by atoms with van der Waals surface area (Å²) in [5.41, 5.74) is 6.60. The molecule has 0 spiro atoms. The number of carbonyl (C=O) groups is 3. The van der Waals surface area contributed by atoms with Crippen LogP contribution in [0.1, 0.15) is 31.3 Å². The first-order valence-electron chi connectivity index (χ1n) is 8.57. The molecule has 3 rings (SSSR count). The summed E-state index contributed by atoms with van der Waals surface area (Å²) in [6.07, 6.45) is 4.81. The van der Waals surface area contributed by atoms with Crippen molar-refractivity contribution in [3.8, 4) is 0 Å². The maximum atomic E-state index is 12.6. The molecule has 0 atom stereocenters. The fraction of sp³-hybridized carbons (Fsp3) is 0.211. The quantitative estimate of drug-likeness (QED) is 0.675. The lowest BCUT2D eigenvalue weighted by Gasteiger charge is -2.22. The van der Waals surface area contributed by atoms with E-state index in [2.05, 4.69) is 9.97 Å². The van der Waals surface area contributed by atoms with E-state index < -0.39 is 5.91 Å². The molecule has 0 aliphatic carbocycles. The lowest BCUT2D eigenvalue weighted by Crippen LogP contribution is -2.37. The third-order valence-electron chi connectivity index (χ3n) is 4.31. The Kier molecular flexibility index (Phi) is 5.35. The zero-order valence-corrected chi connectivity index (χ0v) is 15.6. The van der Waals surface area contributed by atoms with Gasteiger partial charge in [0.15, 0.2) is 0 Å². The number of hydrogen-bond acceptors (Lipinski definition) is 5. The van der Waals surface area contributed by atoms with Gasteiger partial charge in [0.1, 0.15) is 17.0 Å². The van der Waals surface area contributed by atoms with Crippen molar-refractivity contribution in [2.75, 3.05) is 27.2 Å². The number of amides is 3. The highest BCUT2D eigenvalue weighted by Crippen LogP contribution is 2.08. The van der Waals surface area contributed by atoms with Crippen LogP contribution < -0.4 is 5.73 Å². The maximum Gasteiger partial charge on any atom is 0.273 e. The monoisotopic (exact) mass is 380 g/mol. The molecule has 0 saturated heterocycles. The number of rotatable bonds is 6. The van der Waals surface area contributed by atoms with Crippen LogP contribution in [-0.4, -0.2) is 69.1 Å². The maximum absolute atomic E-state index is 12.6. The molecule has 0 aromatic carbocycles. The van der Waals surface area contributed by atoms with Crippen LogP contribution in [0.25, 0.3) is 5.65 Å². The van der Waals surface area contributed by atoms with Gasteiger partial charge in [-0.3, -0.25) is 19.4 Å². The Morgan fingerprint density at radius 2 is 1.71 bits per heavy atom. The topological polar surface area (TPSA) is 114 Å². The second-order valence-corrected chi connectivity index (χ2v) is 6.34. The first-order chi connectivity index (χ1) is 13.4. The van der Waals surface area contributed by atoms with E-state index in [9.17, 15) is 14.4 Å². The molecule has 0 aliphatic rings. The van der Waals surface area contributed by atoms with Crippen molar-refractivity contribution in [3.63, 3.8) is 0 Å². The van der Waals surface area contributed by atoms with Crippen molar-refractivity contribution < 1.29 is 14.4 Å². The molecule has 9 heteroatoms. The molecule has 3 heterocycles. The zero-order chi connectivity index (χ0) is 20.3. The lowest BCUT2D eigenvalue weighted by atomic mass is 10.2. The standard InChI is InChI=1S/C19H20N6O3/c1-23(18(27)13-6-7-14(17(20)26)21-11-13)9-10-24(2)19(28)15-12-25-8-4-3-5-16(25)22-15/h3-8,11-12H,9-10H2,1-2H3,(H2,20,26). The van der Waals surface area contributed by atoms with E-state index in [4.69, 9.17) is 5.73 Å². The van der Waals surface area contributed by atoms with Gasteiger partial charge in [0.25, 0.3) is 17.7 Å². The Morgan fingerprint density at radius 3 is 2.32 bits per heavy atom. The number of primary amides is 1. The van der Waals surface area contributed by atoms with Crippen molar-refractivity contribution in [2.24, 2.45) is 5.73 Å². The van der Waals surface area contributed by atoms with E-state index in [0.717, 1.165) is 0 Å². The predicted octanol–water partition coefficient (Wildman–Crippen LogP) is 0.672. The highest BCUT2D eigenvalue weighted by atomic mass is 16.2. The molecular formula is C19H20N6O3. The molecule has 0 bridgehead atoms. The average Bonchev–Trinajstić information content (AvgIpc) is 3.14. The second kappa shape index (κ2) is 7.87. The molecule has 9 nitrogen and oxygen atoms in total. The molecule has 0 radical (unpaired) electrons. The van der Waals surface area contributed by atoms with Gasteiger partial charge in [-0.2, -0.15) is 0 Å². The van der Waals surface area contributed by atoms with Gasteiger partial charge in [-0.15, -0.1) is 0 Å². The Bertz CT molecular complexity index is 995. The van der Waals surface area contributed by atoms with Crippen LogP contribution in [0.4, 0.5) is 0 Å². The van der Waals surface area contributed by atoms with E-state index in [1.165, 1.54) is 28.1 Å². The molecule has 0 saturated carbocycles. The van der Waals surface area contributed by atoms with Crippen LogP contribution >= 0.6 is 0 Å². The second-order valence-electron chi connectivity index (χ2n) is 6.34. The van der Waals surface area contributed by atoms with Gasteiger partial charge in [0.05, 0.1) is 5.56 Å². The molecule has 0 fully saturated rings. The molecule has 3 amide bonds. The number of carbonyl (C=O) groups excluding carboxylic acids is 3. The molecule has 2 N–H and O–H groups in total. The summed E-state index contributed by atoms with van der Waals surface area (Å²) in [6, 6.07) is 8.43. The summed E-state index contributed by atoms with van der Waals surface area (Å²) in [7, 11) is 3.29. The first-order valence-corrected chi connectivity index (χ1v) is 8.57. The fourth-order valence-corrected chi connectivity index (χ4v) is 2.62. The summed E-state index contributed by atoms with van der Waals surface area (Å²) in [6.45, 7) is 0.660. The van der Waals surface area contributed by atoms with Crippen LogP contribution in [0.5, 0.6) is 0 Å². The molecular weight excluding hydrogens is 360 g/mol. The summed E-state index contributed by atoms with van der Waals surface area (Å²) in [4.78, 5) is 47.2.